The molecule has 17 heavy (non-hydrogen) atoms. The number of rotatable bonds is 3. The Hall–Kier alpha value is -1.32. The zero-order valence-electron chi connectivity index (χ0n) is 9.30. The Bertz CT molecular complexity index is 523. The summed E-state index contributed by atoms with van der Waals surface area (Å²) in [7, 11) is 0. The van der Waals surface area contributed by atoms with Gasteiger partial charge in [-0.05, 0) is 48.9 Å². The maximum atomic E-state index is 5.78. The third-order valence-electron chi connectivity index (χ3n) is 2.12. The Morgan fingerprint density at radius 1 is 1.06 bits per heavy atom. The number of hydrogen-bond donors (Lipinski definition) is 0. The Labute approximate surface area is 110 Å². The van der Waals surface area contributed by atoms with Crippen LogP contribution in [0.2, 0.25) is 5.02 Å². The van der Waals surface area contributed by atoms with Crippen molar-refractivity contribution in [1.29, 1.82) is 0 Å². The minimum atomic E-state index is 0.704. The minimum Gasteiger partial charge on any atom is -0.143 e. The summed E-state index contributed by atoms with van der Waals surface area (Å²) in [5.41, 5.74) is 2.02. The van der Waals surface area contributed by atoms with E-state index in [2.05, 4.69) is 28.7 Å². The summed E-state index contributed by atoms with van der Waals surface area (Å²) < 4.78 is 4.08. The van der Waals surface area contributed by atoms with Crippen LogP contribution >= 0.6 is 23.5 Å². The van der Waals surface area contributed by atoms with Crippen molar-refractivity contribution in [1.82, 2.24) is 0 Å². The number of hydrogen-bond acceptors (Lipinski definition) is 3. The zero-order valence-corrected chi connectivity index (χ0v) is 10.9. The first-order valence-electron chi connectivity index (χ1n) is 5.14. The molecule has 0 atom stereocenters. The molecule has 0 aliphatic carbocycles. The van der Waals surface area contributed by atoms with Gasteiger partial charge in [-0.2, -0.15) is 0 Å². The summed E-state index contributed by atoms with van der Waals surface area (Å²) in [6, 6.07) is 15.4. The zero-order chi connectivity index (χ0) is 12.1. The molecule has 2 nitrogen and oxygen atoms in total. The molecule has 0 heterocycles. The lowest BCUT2D eigenvalue weighted by Gasteiger charge is -1.96. The fourth-order valence-electron chi connectivity index (χ4n) is 1.29. The molecule has 2 aromatic rings. The smallest absolute Gasteiger partial charge is 0.0864 e. The second kappa shape index (κ2) is 5.84. The van der Waals surface area contributed by atoms with Gasteiger partial charge in [0.05, 0.1) is 5.69 Å². The average Bonchev–Trinajstić information content (AvgIpc) is 2.32. The van der Waals surface area contributed by atoms with E-state index < -0.39 is 0 Å². The van der Waals surface area contributed by atoms with Gasteiger partial charge in [0, 0.05) is 21.9 Å². The Morgan fingerprint density at radius 2 is 1.82 bits per heavy atom. The number of halogens is 1. The van der Waals surface area contributed by atoms with Gasteiger partial charge in [-0.3, -0.25) is 0 Å². The fourth-order valence-corrected chi connectivity index (χ4v) is 2.03. The van der Waals surface area contributed by atoms with Crippen molar-refractivity contribution in [2.75, 3.05) is 0 Å². The largest absolute Gasteiger partial charge is 0.143 e. The molecule has 0 unspecified atom stereocenters. The Kier molecular flexibility index (Phi) is 4.18. The first-order chi connectivity index (χ1) is 8.24. The summed E-state index contributed by atoms with van der Waals surface area (Å²) >= 11 is 7.14. The SMILES string of the molecule is Cc1cccc(SN=Nc2ccc(Cl)cc2)c1. The highest BCUT2D eigenvalue weighted by atomic mass is 35.5. The van der Waals surface area contributed by atoms with Gasteiger partial charge in [0.2, 0.25) is 0 Å². The topological polar surface area (TPSA) is 24.7 Å². The predicted molar refractivity (Wildman–Crippen MR) is 73.0 cm³/mol. The van der Waals surface area contributed by atoms with E-state index in [1.807, 2.05) is 24.3 Å². The molecule has 0 aliphatic heterocycles. The van der Waals surface area contributed by atoms with E-state index in [4.69, 9.17) is 11.6 Å². The number of aryl methyl sites for hydroxylation is 1. The van der Waals surface area contributed by atoms with E-state index in [-0.39, 0.29) is 0 Å². The third kappa shape index (κ3) is 3.88. The Balaban J connectivity index is 2.00. The highest BCUT2D eigenvalue weighted by Gasteiger charge is 1.93. The van der Waals surface area contributed by atoms with E-state index in [1.165, 1.54) is 17.5 Å². The van der Waals surface area contributed by atoms with E-state index in [9.17, 15) is 0 Å². The van der Waals surface area contributed by atoms with Gasteiger partial charge in [0.15, 0.2) is 0 Å². The van der Waals surface area contributed by atoms with Crippen molar-refractivity contribution in [3.05, 3.63) is 59.1 Å². The fraction of sp³-hybridized carbons (Fsp3) is 0.0769. The lowest BCUT2D eigenvalue weighted by molar-refractivity contribution is 1.31. The first-order valence-corrected chi connectivity index (χ1v) is 6.29. The van der Waals surface area contributed by atoms with Crippen molar-refractivity contribution in [2.24, 2.45) is 9.63 Å². The van der Waals surface area contributed by atoms with Crippen LogP contribution in [0.15, 0.2) is 63.1 Å². The van der Waals surface area contributed by atoms with E-state index in [0.29, 0.717) is 5.02 Å². The molecular weight excluding hydrogens is 252 g/mol. The van der Waals surface area contributed by atoms with Gasteiger partial charge in [0.1, 0.15) is 0 Å². The minimum absolute atomic E-state index is 0.704. The monoisotopic (exact) mass is 262 g/mol. The third-order valence-corrected chi connectivity index (χ3v) is 3.00. The number of nitrogens with zero attached hydrogens (tertiary/aromatic N) is 2. The van der Waals surface area contributed by atoms with Crippen molar-refractivity contribution < 1.29 is 0 Å². The van der Waals surface area contributed by atoms with Crippen LogP contribution < -0.4 is 0 Å². The van der Waals surface area contributed by atoms with Gasteiger partial charge in [-0.15, -0.1) is 9.63 Å². The summed E-state index contributed by atoms with van der Waals surface area (Å²) in [5, 5.41) is 4.81. The molecule has 4 heteroatoms. The van der Waals surface area contributed by atoms with Crippen LogP contribution in [0.4, 0.5) is 5.69 Å². The molecule has 0 saturated heterocycles. The normalized spacial score (nSPS) is 10.9. The van der Waals surface area contributed by atoms with Crippen LogP contribution in [-0.4, -0.2) is 0 Å². The molecule has 0 saturated carbocycles. The van der Waals surface area contributed by atoms with E-state index >= 15 is 0 Å². The molecular formula is C13H11ClN2S. The maximum absolute atomic E-state index is 5.78. The van der Waals surface area contributed by atoms with E-state index in [1.54, 1.807) is 12.1 Å². The quantitative estimate of drug-likeness (QED) is 0.534. The molecule has 0 radical (unpaired) electrons. The standard InChI is InChI=1S/C13H11ClN2S/c1-10-3-2-4-13(9-10)17-16-15-12-7-5-11(14)6-8-12/h2-9H,1H3. The highest BCUT2D eigenvalue weighted by molar-refractivity contribution is 7.97. The van der Waals surface area contributed by atoms with Crippen LogP contribution in [0.5, 0.6) is 0 Å². The molecule has 2 rings (SSSR count). The van der Waals surface area contributed by atoms with Crippen molar-refractivity contribution in [3.8, 4) is 0 Å². The number of benzene rings is 2. The van der Waals surface area contributed by atoms with Gasteiger partial charge in [-0.1, -0.05) is 23.7 Å². The van der Waals surface area contributed by atoms with Gasteiger partial charge in [-0.25, -0.2) is 0 Å². The van der Waals surface area contributed by atoms with Crippen LogP contribution in [-0.2, 0) is 0 Å². The second-order valence-electron chi connectivity index (χ2n) is 3.57. The highest BCUT2D eigenvalue weighted by Crippen LogP contribution is 2.23. The molecule has 2 aromatic carbocycles. The molecule has 0 spiro atoms. The van der Waals surface area contributed by atoms with Crippen LogP contribution in [0.3, 0.4) is 0 Å². The molecule has 86 valence electrons. The van der Waals surface area contributed by atoms with Crippen LogP contribution in [0, 0.1) is 6.92 Å². The summed E-state index contributed by atoms with van der Waals surface area (Å²) in [4.78, 5) is 1.09. The lowest BCUT2D eigenvalue weighted by Crippen LogP contribution is -1.71. The van der Waals surface area contributed by atoms with Crippen molar-refractivity contribution in [2.45, 2.75) is 11.8 Å². The van der Waals surface area contributed by atoms with E-state index in [0.717, 1.165) is 10.6 Å². The maximum Gasteiger partial charge on any atom is 0.0864 e. The molecule has 0 aliphatic rings. The van der Waals surface area contributed by atoms with Gasteiger partial charge in [0.25, 0.3) is 0 Å². The summed E-state index contributed by atoms with van der Waals surface area (Å²) in [6.45, 7) is 2.06. The van der Waals surface area contributed by atoms with Gasteiger partial charge < -0.3 is 0 Å². The van der Waals surface area contributed by atoms with Crippen LogP contribution in [0.25, 0.3) is 0 Å². The Morgan fingerprint density at radius 3 is 2.53 bits per heavy atom. The van der Waals surface area contributed by atoms with Crippen molar-refractivity contribution in [3.63, 3.8) is 0 Å². The van der Waals surface area contributed by atoms with Gasteiger partial charge >= 0.3 is 0 Å². The molecule has 0 aromatic heterocycles. The molecule has 0 N–H and O–H groups in total. The molecule has 0 fully saturated rings. The molecule has 0 amide bonds. The molecule has 0 bridgehead atoms. The first kappa shape index (κ1) is 12.1. The predicted octanol–water partition coefficient (Wildman–Crippen LogP) is 5.44. The summed E-state index contributed by atoms with van der Waals surface area (Å²) in [5.74, 6) is 0. The van der Waals surface area contributed by atoms with Crippen molar-refractivity contribution >= 4 is 29.2 Å². The second-order valence-corrected chi connectivity index (χ2v) is 4.82. The average molecular weight is 263 g/mol. The lowest BCUT2D eigenvalue weighted by atomic mass is 10.2. The summed E-state index contributed by atoms with van der Waals surface area (Å²) in [6.07, 6.45) is 0. The van der Waals surface area contributed by atoms with Crippen LogP contribution in [0.1, 0.15) is 5.56 Å².